The Morgan fingerprint density at radius 2 is 0.660 bits per heavy atom. The third-order valence-corrected chi connectivity index (χ3v) is 11.2. The molecule has 0 saturated carbocycles. The van der Waals surface area contributed by atoms with Crippen LogP contribution in [0, 0.1) is 11.8 Å². The molecular formula is C47H90O6. The average Bonchev–Trinajstić information content (AvgIpc) is 3.15. The predicted molar refractivity (Wildman–Crippen MR) is 224 cm³/mol. The number of esters is 3. The fourth-order valence-electron chi connectivity index (χ4n) is 6.86. The van der Waals surface area contributed by atoms with Crippen molar-refractivity contribution in [1.29, 1.82) is 0 Å². The van der Waals surface area contributed by atoms with Crippen molar-refractivity contribution in [3.63, 3.8) is 0 Å². The van der Waals surface area contributed by atoms with E-state index in [9.17, 15) is 14.4 Å². The van der Waals surface area contributed by atoms with E-state index >= 15 is 0 Å². The van der Waals surface area contributed by atoms with Gasteiger partial charge in [-0.05, 0) is 31.1 Å². The van der Waals surface area contributed by atoms with Crippen molar-refractivity contribution in [3.05, 3.63) is 0 Å². The summed E-state index contributed by atoms with van der Waals surface area (Å²) in [6.45, 7) is 11.3. The molecule has 0 aromatic rings. The fourth-order valence-corrected chi connectivity index (χ4v) is 6.86. The summed E-state index contributed by atoms with van der Waals surface area (Å²) >= 11 is 0. The molecule has 0 radical (unpaired) electrons. The Morgan fingerprint density at radius 3 is 0.981 bits per heavy atom. The van der Waals surface area contributed by atoms with Gasteiger partial charge < -0.3 is 14.2 Å². The summed E-state index contributed by atoms with van der Waals surface area (Å²) in [6.07, 6.45) is 38.2. The molecular weight excluding hydrogens is 661 g/mol. The van der Waals surface area contributed by atoms with Crippen LogP contribution in [0.5, 0.6) is 0 Å². The number of rotatable bonds is 41. The number of ether oxygens (including phenoxy) is 3. The largest absolute Gasteiger partial charge is 0.462 e. The Labute approximate surface area is 329 Å². The molecule has 0 heterocycles. The lowest BCUT2D eigenvalue weighted by Gasteiger charge is -2.18. The topological polar surface area (TPSA) is 78.9 Å². The summed E-state index contributed by atoms with van der Waals surface area (Å²) in [4.78, 5) is 37.5. The summed E-state index contributed by atoms with van der Waals surface area (Å²) in [5.74, 6) is 0.870. The summed E-state index contributed by atoms with van der Waals surface area (Å²) in [5, 5.41) is 0. The Kier molecular flexibility index (Phi) is 38.9. The molecule has 0 N–H and O–H groups in total. The SMILES string of the molecule is CCCCCCCC(=O)OC[C@@H](COC(=O)CCCCCCCCCCCCCCCCC(C)CC)OC(=O)CCCCCCCCCCC(C)CC. The smallest absolute Gasteiger partial charge is 0.306 e. The van der Waals surface area contributed by atoms with E-state index < -0.39 is 6.10 Å². The molecule has 2 unspecified atom stereocenters. The standard InChI is InChI=1S/C47H90O6/c1-6-9-10-25-32-37-45(48)51-40-44(53-47(50)39-34-29-24-20-19-22-27-31-36-43(5)8-3)41-52-46(49)38-33-28-23-18-16-14-12-11-13-15-17-21-26-30-35-42(4)7-2/h42-44H,6-41H2,1-5H3/t42?,43?,44-/m0/s1. The number of hydrogen-bond donors (Lipinski definition) is 0. The number of hydrogen-bond acceptors (Lipinski definition) is 6. The summed E-state index contributed by atoms with van der Waals surface area (Å²) in [7, 11) is 0. The molecule has 3 atom stereocenters. The molecule has 0 aromatic carbocycles. The monoisotopic (exact) mass is 751 g/mol. The van der Waals surface area contributed by atoms with Gasteiger partial charge >= 0.3 is 17.9 Å². The first-order valence-corrected chi connectivity index (χ1v) is 23.3. The van der Waals surface area contributed by atoms with Crippen LogP contribution in [-0.2, 0) is 28.6 Å². The average molecular weight is 751 g/mol. The minimum absolute atomic E-state index is 0.0659. The second kappa shape index (κ2) is 40.1. The number of carbonyl (C=O) groups excluding carboxylic acids is 3. The first-order chi connectivity index (χ1) is 25.8. The number of carbonyl (C=O) groups is 3. The first kappa shape index (κ1) is 51.4. The van der Waals surface area contributed by atoms with Crippen LogP contribution in [0.15, 0.2) is 0 Å². The van der Waals surface area contributed by atoms with Crippen molar-refractivity contribution < 1.29 is 28.6 Å². The quantitative estimate of drug-likeness (QED) is 0.0352. The van der Waals surface area contributed by atoms with E-state index in [1.54, 1.807) is 0 Å². The summed E-state index contributed by atoms with van der Waals surface area (Å²) < 4.78 is 16.6. The lowest BCUT2D eigenvalue weighted by Crippen LogP contribution is -2.30. The van der Waals surface area contributed by atoms with Crippen LogP contribution in [0.3, 0.4) is 0 Å². The van der Waals surface area contributed by atoms with E-state index in [2.05, 4.69) is 34.6 Å². The molecule has 0 aliphatic rings. The maximum absolute atomic E-state index is 12.7. The second-order valence-electron chi connectivity index (χ2n) is 16.5. The zero-order valence-electron chi connectivity index (χ0n) is 36.1. The Balaban J connectivity index is 4.15. The van der Waals surface area contributed by atoms with E-state index in [0.29, 0.717) is 19.3 Å². The van der Waals surface area contributed by atoms with Gasteiger partial charge in [-0.2, -0.15) is 0 Å². The van der Waals surface area contributed by atoms with Crippen molar-refractivity contribution in [3.8, 4) is 0 Å². The molecule has 6 heteroatoms. The highest BCUT2D eigenvalue weighted by Crippen LogP contribution is 2.18. The molecule has 0 amide bonds. The molecule has 314 valence electrons. The first-order valence-electron chi connectivity index (χ1n) is 23.3. The van der Waals surface area contributed by atoms with Gasteiger partial charge in [0.1, 0.15) is 13.2 Å². The molecule has 0 aliphatic carbocycles. The summed E-state index contributed by atoms with van der Waals surface area (Å²) in [6, 6.07) is 0. The predicted octanol–water partition coefficient (Wildman–Crippen LogP) is 14.6. The third-order valence-electron chi connectivity index (χ3n) is 11.2. The van der Waals surface area contributed by atoms with Gasteiger partial charge in [-0.15, -0.1) is 0 Å². The molecule has 53 heavy (non-hydrogen) atoms. The van der Waals surface area contributed by atoms with Crippen LogP contribution >= 0.6 is 0 Å². The fraction of sp³-hybridized carbons (Fsp3) is 0.936. The lowest BCUT2D eigenvalue weighted by atomic mass is 9.99. The van der Waals surface area contributed by atoms with Gasteiger partial charge in [0.25, 0.3) is 0 Å². The van der Waals surface area contributed by atoms with E-state index in [-0.39, 0.29) is 31.1 Å². The van der Waals surface area contributed by atoms with Gasteiger partial charge in [0.05, 0.1) is 0 Å². The van der Waals surface area contributed by atoms with Gasteiger partial charge in [-0.1, -0.05) is 214 Å². The Hall–Kier alpha value is -1.59. The van der Waals surface area contributed by atoms with Gasteiger partial charge in [-0.25, -0.2) is 0 Å². The van der Waals surface area contributed by atoms with Crippen LogP contribution < -0.4 is 0 Å². The van der Waals surface area contributed by atoms with Crippen LogP contribution in [0.1, 0.15) is 253 Å². The van der Waals surface area contributed by atoms with Crippen molar-refractivity contribution in [1.82, 2.24) is 0 Å². The number of unbranched alkanes of at least 4 members (excludes halogenated alkanes) is 24. The van der Waals surface area contributed by atoms with Crippen LogP contribution in [0.2, 0.25) is 0 Å². The molecule has 6 nitrogen and oxygen atoms in total. The highest BCUT2D eigenvalue weighted by atomic mass is 16.6. The van der Waals surface area contributed by atoms with Crippen molar-refractivity contribution >= 4 is 17.9 Å². The highest BCUT2D eigenvalue weighted by molar-refractivity contribution is 5.71. The van der Waals surface area contributed by atoms with Crippen LogP contribution in [0.4, 0.5) is 0 Å². The molecule has 0 bridgehead atoms. The molecule has 0 rings (SSSR count). The van der Waals surface area contributed by atoms with Crippen LogP contribution in [0.25, 0.3) is 0 Å². The van der Waals surface area contributed by atoms with Gasteiger partial charge in [0.15, 0.2) is 6.10 Å². The van der Waals surface area contributed by atoms with Crippen molar-refractivity contribution in [2.24, 2.45) is 11.8 Å². The third kappa shape index (κ3) is 38.5. The Morgan fingerprint density at radius 1 is 0.377 bits per heavy atom. The molecule has 0 fully saturated rings. The normalized spacial score (nSPS) is 13.1. The molecule has 0 aliphatic heterocycles. The van der Waals surface area contributed by atoms with E-state index in [0.717, 1.165) is 76.0 Å². The Bertz CT molecular complexity index is 813. The minimum Gasteiger partial charge on any atom is -0.462 e. The summed E-state index contributed by atoms with van der Waals surface area (Å²) in [5.41, 5.74) is 0. The maximum Gasteiger partial charge on any atom is 0.306 e. The highest BCUT2D eigenvalue weighted by Gasteiger charge is 2.19. The second-order valence-corrected chi connectivity index (χ2v) is 16.5. The van der Waals surface area contributed by atoms with Gasteiger partial charge in [0, 0.05) is 19.3 Å². The van der Waals surface area contributed by atoms with Crippen molar-refractivity contribution in [2.75, 3.05) is 13.2 Å². The lowest BCUT2D eigenvalue weighted by molar-refractivity contribution is -0.167. The van der Waals surface area contributed by atoms with E-state index in [1.165, 1.54) is 135 Å². The van der Waals surface area contributed by atoms with Crippen molar-refractivity contribution in [2.45, 2.75) is 259 Å². The maximum atomic E-state index is 12.7. The molecule has 0 saturated heterocycles. The van der Waals surface area contributed by atoms with Gasteiger partial charge in [-0.3, -0.25) is 14.4 Å². The van der Waals surface area contributed by atoms with Gasteiger partial charge in [0.2, 0.25) is 0 Å². The molecule has 0 aromatic heterocycles. The zero-order valence-corrected chi connectivity index (χ0v) is 36.1. The zero-order chi connectivity index (χ0) is 39.0. The van der Waals surface area contributed by atoms with Crippen LogP contribution in [-0.4, -0.2) is 37.2 Å². The minimum atomic E-state index is -0.759. The molecule has 0 spiro atoms. The van der Waals surface area contributed by atoms with E-state index in [4.69, 9.17) is 14.2 Å². The van der Waals surface area contributed by atoms with E-state index in [1.807, 2.05) is 0 Å².